The van der Waals surface area contributed by atoms with Crippen molar-refractivity contribution in [1.29, 1.82) is 0 Å². The van der Waals surface area contributed by atoms with Crippen molar-refractivity contribution >= 4 is 17.9 Å². The summed E-state index contributed by atoms with van der Waals surface area (Å²) in [6.45, 7) is 10.3. The number of nitrogens with one attached hydrogen (secondary N) is 1. The second-order valence-corrected chi connectivity index (χ2v) is 8.31. The lowest BCUT2D eigenvalue weighted by Crippen LogP contribution is -2.52. The Morgan fingerprint density at radius 2 is 1.69 bits per heavy atom. The van der Waals surface area contributed by atoms with Gasteiger partial charge in [-0.1, -0.05) is 20.8 Å². The maximum atomic E-state index is 12.6. The van der Waals surface area contributed by atoms with Crippen LogP contribution in [0.15, 0.2) is 0 Å². The Bertz CT molecular complexity index is 521. The van der Waals surface area contributed by atoms with Gasteiger partial charge in [0.1, 0.15) is 0 Å². The van der Waals surface area contributed by atoms with Gasteiger partial charge in [0.2, 0.25) is 11.8 Å². The van der Waals surface area contributed by atoms with Crippen LogP contribution in [-0.2, 0) is 14.3 Å². The SMILES string of the molecule is CCOC(=O)N1CCC(NC(=O)C2CCCN(C(=O)C(C)(C)C)C2)CC1. The van der Waals surface area contributed by atoms with Crippen molar-refractivity contribution in [3.63, 3.8) is 0 Å². The molecule has 0 spiro atoms. The highest BCUT2D eigenvalue weighted by molar-refractivity contribution is 5.84. The number of carbonyl (C=O) groups excluding carboxylic acids is 3. The van der Waals surface area contributed by atoms with Crippen LogP contribution in [0.4, 0.5) is 4.79 Å². The standard InChI is InChI=1S/C19H33N3O4/c1-5-26-18(25)21-11-8-15(9-12-21)20-16(23)14-7-6-10-22(13-14)17(24)19(2,3)4/h14-15H,5-13H2,1-4H3,(H,20,23). The van der Waals surface area contributed by atoms with Gasteiger partial charge in [-0.05, 0) is 32.6 Å². The molecule has 1 unspecified atom stereocenters. The maximum absolute atomic E-state index is 12.6. The van der Waals surface area contributed by atoms with Crippen molar-refractivity contribution in [3.05, 3.63) is 0 Å². The molecular formula is C19H33N3O4. The van der Waals surface area contributed by atoms with Crippen molar-refractivity contribution in [3.8, 4) is 0 Å². The van der Waals surface area contributed by atoms with E-state index in [4.69, 9.17) is 4.74 Å². The van der Waals surface area contributed by atoms with Crippen LogP contribution in [0, 0.1) is 11.3 Å². The molecule has 0 aromatic carbocycles. The smallest absolute Gasteiger partial charge is 0.409 e. The minimum Gasteiger partial charge on any atom is -0.450 e. The van der Waals surface area contributed by atoms with Crippen molar-refractivity contribution in [2.45, 2.75) is 59.4 Å². The third-order valence-corrected chi connectivity index (χ3v) is 5.09. The monoisotopic (exact) mass is 367 g/mol. The average molecular weight is 367 g/mol. The summed E-state index contributed by atoms with van der Waals surface area (Å²) >= 11 is 0. The van der Waals surface area contributed by atoms with Gasteiger partial charge in [-0.15, -0.1) is 0 Å². The predicted octanol–water partition coefficient (Wildman–Crippen LogP) is 2.01. The number of rotatable bonds is 3. The minimum atomic E-state index is -0.418. The van der Waals surface area contributed by atoms with Crippen molar-refractivity contribution in [2.75, 3.05) is 32.8 Å². The molecule has 2 saturated heterocycles. The molecule has 0 radical (unpaired) electrons. The van der Waals surface area contributed by atoms with E-state index in [0.717, 1.165) is 32.2 Å². The van der Waals surface area contributed by atoms with Crippen LogP contribution >= 0.6 is 0 Å². The van der Waals surface area contributed by atoms with Crippen LogP contribution in [0.2, 0.25) is 0 Å². The molecule has 0 bridgehead atoms. The molecule has 7 heteroatoms. The van der Waals surface area contributed by atoms with E-state index in [-0.39, 0.29) is 29.9 Å². The molecule has 2 aliphatic heterocycles. The normalized spacial score (nSPS) is 22.1. The summed E-state index contributed by atoms with van der Waals surface area (Å²) in [4.78, 5) is 40.4. The molecule has 2 heterocycles. The molecule has 0 aromatic heterocycles. The minimum absolute atomic E-state index is 0.0333. The summed E-state index contributed by atoms with van der Waals surface area (Å²) in [5, 5.41) is 3.12. The van der Waals surface area contributed by atoms with Crippen LogP contribution in [0.25, 0.3) is 0 Å². The molecule has 1 atom stereocenters. The zero-order valence-corrected chi connectivity index (χ0v) is 16.5. The molecule has 3 amide bonds. The summed E-state index contributed by atoms with van der Waals surface area (Å²) in [6.07, 6.45) is 2.88. The van der Waals surface area contributed by atoms with E-state index < -0.39 is 5.41 Å². The van der Waals surface area contributed by atoms with Gasteiger partial charge in [-0.3, -0.25) is 9.59 Å². The molecule has 2 fully saturated rings. The zero-order valence-electron chi connectivity index (χ0n) is 16.5. The van der Waals surface area contributed by atoms with E-state index in [9.17, 15) is 14.4 Å². The number of hydrogen-bond donors (Lipinski definition) is 1. The summed E-state index contributed by atoms with van der Waals surface area (Å²) in [6, 6.07) is 0.0851. The first kappa shape index (κ1) is 20.5. The first-order chi connectivity index (χ1) is 12.2. The molecular weight excluding hydrogens is 334 g/mol. The molecule has 0 aliphatic carbocycles. The van der Waals surface area contributed by atoms with E-state index in [2.05, 4.69) is 5.32 Å². The number of amides is 3. The predicted molar refractivity (Wildman–Crippen MR) is 98.5 cm³/mol. The second-order valence-electron chi connectivity index (χ2n) is 8.31. The Morgan fingerprint density at radius 3 is 2.27 bits per heavy atom. The van der Waals surface area contributed by atoms with Gasteiger partial charge in [-0.25, -0.2) is 4.79 Å². The van der Waals surface area contributed by atoms with Crippen molar-refractivity contribution in [1.82, 2.24) is 15.1 Å². The molecule has 26 heavy (non-hydrogen) atoms. The van der Waals surface area contributed by atoms with Gasteiger partial charge >= 0.3 is 6.09 Å². The fourth-order valence-corrected chi connectivity index (χ4v) is 3.59. The lowest BCUT2D eigenvalue weighted by molar-refractivity contribution is -0.143. The summed E-state index contributed by atoms with van der Waals surface area (Å²) < 4.78 is 5.02. The number of hydrogen-bond acceptors (Lipinski definition) is 4. The lowest BCUT2D eigenvalue weighted by atomic mass is 9.90. The molecule has 0 aromatic rings. The van der Waals surface area contributed by atoms with E-state index in [1.807, 2.05) is 25.7 Å². The van der Waals surface area contributed by atoms with Crippen LogP contribution < -0.4 is 5.32 Å². The van der Waals surface area contributed by atoms with Crippen molar-refractivity contribution < 1.29 is 19.1 Å². The summed E-state index contributed by atoms with van der Waals surface area (Å²) in [7, 11) is 0. The van der Waals surface area contributed by atoms with Crippen molar-refractivity contribution in [2.24, 2.45) is 11.3 Å². The van der Waals surface area contributed by atoms with Gasteiger partial charge in [0, 0.05) is 37.6 Å². The third-order valence-electron chi connectivity index (χ3n) is 5.09. The molecule has 1 N–H and O–H groups in total. The summed E-state index contributed by atoms with van der Waals surface area (Å²) in [5.74, 6) is 0.00174. The average Bonchev–Trinajstić information content (AvgIpc) is 2.61. The summed E-state index contributed by atoms with van der Waals surface area (Å²) in [5.41, 5.74) is -0.418. The Labute approximate surface area is 156 Å². The maximum Gasteiger partial charge on any atom is 0.409 e. The van der Waals surface area contributed by atoms with E-state index >= 15 is 0 Å². The number of nitrogens with zero attached hydrogens (tertiary/aromatic N) is 2. The fraction of sp³-hybridized carbons (Fsp3) is 0.842. The first-order valence-corrected chi connectivity index (χ1v) is 9.73. The topological polar surface area (TPSA) is 79.0 Å². The Hall–Kier alpha value is -1.79. The second kappa shape index (κ2) is 8.73. The highest BCUT2D eigenvalue weighted by atomic mass is 16.6. The van der Waals surface area contributed by atoms with Crippen LogP contribution in [0.5, 0.6) is 0 Å². The highest BCUT2D eigenvalue weighted by Crippen LogP contribution is 2.24. The lowest BCUT2D eigenvalue weighted by Gasteiger charge is -2.37. The van der Waals surface area contributed by atoms with Crippen LogP contribution in [0.1, 0.15) is 53.4 Å². The number of carbonyl (C=O) groups is 3. The molecule has 7 nitrogen and oxygen atoms in total. The molecule has 148 valence electrons. The van der Waals surface area contributed by atoms with E-state index in [0.29, 0.717) is 26.2 Å². The largest absolute Gasteiger partial charge is 0.450 e. The highest BCUT2D eigenvalue weighted by Gasteiger charge is 2.34. The Kier molecular flexibility index (Phi) is 6.89. The first-order valence-electron chi connectivity index (χ1n) is 9.73. The van der Waals surface area contributed by atoms with E-state index in [1.54, 1.807) is 11.8 Å². The van der Waals surface area contributed by atoms with Gasteiger partial charge in [0.15, 0.2) is 0 Å². The Morgan fingerprint density at radius 1 is 1.04 bits per heavy atom. The van der Waals surface area contributed by atoms with Crippen LogP contribution in [-0.4, -0.2) is 66.5 Å². The molecule has 0 saturated carbocycles. The van der Waals surface area contributed by atoms with Gasteiger partial charge < -0.3 is 19.9 Å². The third kappa shape index (κ3) is 5.35. The zero-order chi connectivity index (χ0) is 19.3. The molecule has 2 aliphatic rings. The van der Waals surface area contributed by atoms with E-state index in [1.165, 1.54) is 0 Å². The van der Waals surface area contributed by atoms with Crippen LogP contribution in [0.3, 0.4) is 0 Å². The Balaban J connectivity index is 1.81. The number of ether oxygens (including phenoxy) is 1. The number of piperidine rings is 2. The fourth-order valence-electron chi connectivity index (χ4n) is 3.59. The number of likely N-dealkylation sites (tertiary alicyclic amines) is 2. The van der Waals surface area contributed by atoms with Gasteiger partial charge in [-0.2, -0.15) is 0 Å². The molecule has 2 rings (SSSR count). The quantitative estimate of drug-likeness (QED) is 0.828. The van der Waals surface area contributed by atoms with Gasteiger partial charge in [0.25, 0.3) is 0 Å². The van der Waals surface area contributed by atoms with Gasteiger partial charge in [0.05, 0.1) is 12.5 Å².